The number of H-pyrrole nitrogens is 1. The highest BCUT2D eigenvalue weighted by molar-refractivity contribution is 5.87. The van der Waals surface area contributed by atoms with E-state index >= 15 is 0 Å². The Hall–Kier alpha value is -3.13. The zero-order chi connectivity index (χ0) is 24.8. The van der Waals surface area contributed by atoms with E-state index in [1.807, 2.05) is 36.2 Å². The van der Waals surface area contributed by atoms with Crippen molar-refractivity contribution in [3.05, 3.63) is 53.1 Å². The van der Waals surface area contributed by atoms with Gasteiger partial charge in [0, 0.05) is 69.3 Å². The molecule has 0 atom stereocenters. The second-order valence-corrected chi connectivity index (χ2v) is 9.90. The van der Waals surface area contributed by atoms with Gasteiger partial charge in [-0.25, -0.2) is 4.98 Å². The Kier molecular flexibility index (Phi) is 8.23. The molecule has 3 N–H and O–H groups in total. The van der Waals surface area contributed by atoms with Gasteiger partial charge in [-0.05, 0) is 55.4 Å². The van der Waals surface area contributed by atoms with Crippen molar-refractivity contribution >= 4 is 17.4 Å². The number of aromatic nitrogens is 2. The zero-order valence-corrected chi connectivity index (χ0v) is 21.1. The fourth-order valence-electron chi connectivity index (χ4n) is 4.59. The normalized spacial score (nSPS) is 16.7. The van der Waals surface area contributed by atoms with Crippen LogP contribution in [-0.2, 0) is 4.79 Å². The zero-order valence-electron chi connectivity index (χ0n) is 21.1. The number of amides is 1. The fraction of sp³-hybridized carbons (Fsp3) is 0.519. The Labute approximate surface area is 207 Å². The summed E-state index contributed by atoms with van der Waals surface area (Å²) in [5.74, 6) is 1.50. The summed E-state index contributed by atoms with van der Waals surface area (Å²) in [5, 5.41) is 6.36. The van der Waals surface area contributed by atoms with Crippen LogP contribution >= 0.6 is 0 Å². The van der Waals surface area contributed by atoms with Crippen molar-refractivity contribution < 1.29 is 4.79 Å². The van der Waals surface area contributed by atoms with E-state index in [2.05, 4.69) is 39.3 Å². The van der Waals surface area contributed by atoms with E-state index in [0.29, 0.717) is 31.6 Å². The predicted molar refractivity (Wildman–Crippen MR) is 142 cm³/mol. The van der Waals surface area contributed by atoms with E-state index in [1.54, 1.807) is 18.5 Å². The second kappa shape index (κ2) is 11.5. The van der Waals surface area contributed by atoms with Crippen LogP contribution in [0.3, 0.4) is 0 Å². The number of anilines is 2. The number of hydrogen-bond acceptors (Lipinski definition) is 6. The molecule has 8 heteroatoms. The van der Waals surface area contributed by atoms with Gasteiger partial charge in [-0.3, -0.25) is 9.59 Å². The van der Waals surface area contributed by atoms with Crippen LogP contribution in [0.4, 0.5) is 11.5 Å². The van der Waals surface area contributed by atoms with Crippen molar-refractivity contribution in [1.29, 1.82) is 0 Å². The molecule has 1 aliphatic carbocycles. The molecule has 0 spiro atoms. The van der Waals surface area contributed by atoms with Crippen molar-refractivity contribution in [3.8, 4) is 11.1 Å². The molecule has 1 saturated heterocycles. The average molecular weight is 479 g/mol. The molecule has 2 aromatic rings. The van der Waals surface area contributed by atoms with E-state index in [-0.39, 0.29) is 17.5 Å². The number of likely N-dealkylation sites (tertiary alicyclic amines) is 1. The van der Waals surface area contributed by atoms with Crippen molar-refractivity contribution in [2.24, 2.45) is 5.92 Å². The third kappa shape index (κ3) is 6.72. The van der Waals surface area contributed by atoms with Crippen LogP contribution in [0.5, 0.6) is 0 Å². The molecule has 0 unspecified atom stereocenters. The summed E-state index contributed by atoms with van der Waals surface area (Å²) in [6.07, 6.45) is 11.3. The molecule has 0 bridgehead atoms. The molecule has 2 fully saturated rings. The van der Waals surface area contributed by atoms with Crippen molar-refractivity contribution in [2.45, 2.75) is 51.6 Å². The first-order valence-corrected chi connectivity index (χ1v) is 12.8. The summed E-state index contributed by atoms with van der Waals surface area (Å²) in [7, 11) is 1.84. The van der Waals surface area contributed by atoms with Gasteiger partial charge in [0.1, 0.15) is 11.5 Å². The lowest BCUT2D eigenvalue weighted by Gasteiger charge is -2.39. The maximum absolute atomic E-state index is 13.0. The molecule has 1 saturated carbocycles. The SMILES string of the molecule is CNc1cc(-c2c[nH]c(=O)c(N(CC3CC3)C3CCN(C(=O)/C=C/CNC(C)C)CC3)c2)ccn1. The Bertz CT molecular complexity index is 1080. The second-order valence-electron chi connectivity index (χ2n) is 9.90. The standard InChI is InChI=1S/C27H38N6O2/c1-19(2)29-11-4-5-26(34)32-13-9-23(10-14-32)33(18-20-6-7-20)24-15-22(17-31-27(24)35)21-8-12-30-25(16-21)28-3/h4-5,8,12,15-17,19-20,23,29H,6-7,9-11,13-14,18H2,1-3H3,(H,28,30)(H,31,35)/b5-4+. The number of pyridine rings is 2. The monoisotopic (exact) mass is 478 g/mol. The number of carbonyl (C=O) groups is 1. The maximum Gasteiger partial charge on any atom is 0.271 e. The van der Waals surface area contributed by atoms with Crippen LogP contribution in [0.2, 0.25) is 0 Å². The number of nitrogens with one attached hydrogen (secondary N) is 3. The minimum absolute atomic E-state index is 0.0589. The largest absolute Gasteiger partial charge is 0.373 e. The highest BCUT2D eigenvalue weighted by Crippen LogP contribution is 2.34. The van der Waals surface area contributed by atoms with Crippen LogP contribution in [0.15, 0.2) is 47.5 Å². The van der Waals surface area contributed by atoms with Gasteiger partial charge in [0.25, 0.3) is 5.56 Å². The van der Waals surface area contributed by atoms with E-state index in [4.69, 9.17) is 0 Å². The number of hydrogen-bond donors (Lipinski definition) is 3. The van der Waals surface area contributed by atoms with Gasteiger partial charge in [-0.15, -0.1) is 0 Å². The van der Waals surface area contributed by atoms with Crippen molar-refractivity contribution in [2.75, 3.05) is 43.4 Å². The quantitative estimate of drug-likeness (QED) is 0.454. The summed E-state index contributed by atoms with van der Waals surface area (Å²) < 4.78 is 0. The van der Waals surface area contributed by atoms with Crippen LogP contribution in [0.25, 0.3) is 11.1 Å². The summed E-state index contributed by atoms with van der Waals surface area (Å²) in [4.78, 5) is 37.1. The van der Waals surface area contributed by atoms with E-state index in [0.717, 1.165) is 42.0 Å². The molecule has 4 rings (SSSR count). The van der Waals surface area contributed by atoms with Crippen LogP contribution < -0.4 is 21.1 Å². The van der Waals surface area contributed by atoms with Crippen molar-refractivity contribution in [3.63, 3.8) is 0 Å². The highest BCUT2D eigenvalue weighted by Gasteiger charge is 2.32. The molecule has 0 aromatic carbocycles. The first-order valence-electron chi connectivity index (χ1n) is 12.8. The third-order valence-corrected chi connectivity index (χ3v) is 6.82. The van der Waals surface area contributed by atoms with Gasteiger partial charge in [-0.2, -0.15) is 0 Å². The lowest BCUT2D eigenvalue weighted by molar-refractivity contribution is -0.127. The van der Waals surface area contributed by atoms with Gasteiger partial charge in [0.2, 0.25) is 5.91 Å². The Balaban J connectivity index is 1.47. The summed E-state index contributed by atoms with van der Waals surface area (Å²) in [6, 6.07) is 6.59. The molecule has 1 amide bonds. The minimum atomic E-state index is -0.0589. The number of nitrogens with zero attached hydrogens (tertiary/aromatic N) is 3. The predicted octanol–water partition coefficient (Wildman–Crippen LogP) is 3.24. The van der Waals surface area contributed by atoms with Gasteiger partial charge in [0.15, 0.2) is 0 Å². The summed E-state index contributed by atoms with van der Waals surface area (Å²) >= 11 is 0. The number of aromatic amines is 1. The molecule has 2 aromatic heterocycles. The van der Waals surface area contributed by atoms with Gasteiger partial charge < -0.3 is 25.4 Å². The molecule has 0 radical (unpaired) electrons. The molecular weight excluding hydrogens is 440 g/mol. The Morgan fingerprint density at radius 1 is 1.23 bits per heavy atom. The number of piperidine rings is 1. The first kappa shape index (κ1) is 25.0. The number of rotatable bonds is 10. The lowest BCUT2D eigenvalue weighted by Crippen LogP contribution is -2.48. The smallest absolute Gasteiger partial charge is 0.271 e. The first-order chi connectivity index (χ1) is 16.9. The molecule has 188 valence electrons. The van der Waals surface area contributed by atoms with Crippen LogP contribution in [0.1, 0.15) is 39.5 Å². The van der Waals surface area contributed by atoms with E-state index in [1.165, 1.54) is 12.8 Å². The molecular formula is C27H38N6O2. The molecule has 3 heterocycles. The van der Waals surface area contributed by atoms with E-state index < -0.39 is 0 Å². The van der Waals surface area contributed by atoms with Crippen LogP contribution in [-0.4, -0.2) is 66.1 Å². The highest BCUT2D eigenvalue weighted by atomic mass is 16.2. The molecule has 1 aliphatic heterocycles. The van der Waals surface area contributed by atoms with Gasteiger partial charge >= 0.3 is 0 Å². The number of carbonyl (C=O) groups excluding carboxylic acids is 1. The fourth-order valence-corrected chi connectivity index (χ4v) is 4.59. The lowest BCUT2D eigenvalue weighted by atomic mass is 10.0. The summed E-state index contributed by atoms with van der Waals surface area (Å²) in [5.41, 5.74) is 2.64. The van der Waals surface area contributed by atoms with Crippen molar-refractivity contribution in [1.82, 2.24) is 20.2 Å². The Morgan fingerprint density at radius 3 is 2.69 bits per heavy atom. The average Bonchev–Trinajstić information content (AvgIpc) is 3.70. The summed E-state index contributed by atoms with van der Waals surface area (Å²) in [6.45, 7) is 7.18. The Morgan fingerprint density at radius 2 is 2.00 bits per heavy atom. The molecule has 35 heavy (non-hydrogen) atoms. The minimum Gasteiger partial charge on any atom is -0.373 e. The maximum atomic E-state index is 13.0. The van der Waals surface area contributed by atoms with Gasteiger partial charge in [0.05, 0.1) is 0 Å². The molecule has 8 nitrogen and oxygen atoms in total. The topological polar surface area (TPSA) is 93.4 Å². The van der Waals surface area contributed by atoms with Crippen LogP contribution in [0, 0.1) is 5.92 Å². The molecule has 2 aliphatic rings. The third-order valence-electron chi connectivity index (χ3n) is 6.82. The van der Waals surface area contributed by atoms with Gasteiger partial charge in [-0.1, -0.05) is 19.9 Å². The van der Waals surface area contributed by atoms with E-state index in [9.17, 15) is 9.59 Å².